The van der Waals surface area contributed by atoms with E-state index >= 15 is 0 Å². The summed E-state index contributed by atoms with van der Waals surface area (Å²) in [6.07, 6.45) is 0. The van der Waals surface area contributed by atoms with E-state index in [0.29, 0.717) is 0 Å². The molecule has 0 aromatic rings. The standard InChI is InChI=1S/O4Se3/c1-7(2)3-5-6-4-7. The minimum atomic E-state index is -4.14. The Balaban J connectivity index is 2.76. The monoisotopic (exact) mass is 304 g/mol. The van der Waals surface area contributed by atoms with Crippen molar-refractivity contribution < 1.29 is 13.5 Å². The fourth-order valence-corrected chi connectivity index (χ4v) is 14.3. The Morgan fingerprint density at radius 3 is 1.71 bits per heavy atom. The quantitative estimate of drug-likeness (QED) is 0.510. The average Bonchev–Trinajstić information content (AvgIpc) is 1.84. The van der Waals surface area contributed by atoms with Gasteiger partial charge in [0.25, 0.3) is 0 Å². The van der Waals surface area contributed by atoms with Crippen LogP contribution in [0.2, 0.25) is 0 Å². The van der Waals surface area contributed by atoms with E-state index in [2.05, 4.69) is 5.80 Å². The molecular formula is O4Se3. The SMILES string of the molecule is O=[Se]1(=O)O[Se][Se]O1. The zero-order valence-electron chi connectivity index (χ0n) is 2.86. The normalized spacial score (nSPS) is 28.0. The zero-order valence-corrected chi connectivity index (χ0v) is 8.00. The predicted molar refractivity (Wildman–Crippen MR) is 20.8 cm³/mol. The second kappa shape index (κ2) is 2.13. The third-order valence-corrected chi connectivity index (χ3v) is 13.0. The van der Waals surface area contributed by atoms with Gasteiger partial charge in [-0.15, -0.1) is 0 Å². The second-order valence-corrected chi connectivity index (χ2v) is 9.47. The molecule has 0 amide bonds. The van der Waals surface area contributed by atoms with Gasteiger partial charge >= 0.3 is 53.8 Å². The van der Waals surface area contributed by atoms with Gasteiger partial charge < -0.3 is 0 Å². The molecule has 0 saturated carbocycles. The van der Waals surface area contributed by atoms with E-state index in [4.69, 9.17) is 0 Å². The second-order valence-electron chi connectivity index (χ2n) is 0.680. The molecule has 4 nitrogen and oxygen atoms in total. The van der Waals surface area contributed by atoms with Crippen molar-refractivity contribution in [3.8, 4) is 0 Å². The van der Waals surface area contributed by atoms with Gasteiger partial charge in [-0.05, 0) is 0 Å². The molecule has 7 heavy (non-hydrogen) atoms. The third-order valence-electron chi connectivity index (χ3n) is 0.250. The first-order valence-electron chi connectivity index (χ1n) is 1.17. The van der Waals surface area contributed by atoms with E-state index in [1.165, 1.54) is 0 Å². The van der Waals surface area contributed by atoms with Gasteiger partial charge in [0.2, 0.25) is 0 Å². The molecule has 1 aliphatic rings. The topological polar surface area (TPSA) is 52.6 Å². The number of hydrogen-bond donors (Lipinski definition) is 0. The average molecular weight is 301 g/mol. The Morgan fingerprint density at radius 2 is 1.57 bits per heavy atom. The first-order chi connectivity index (χ1) is 3.21. The summed E-state index contributed by atoms with van der Waals surface area (Å²) in [6, 6.07) is 0. The Bertz CT molecular complexity index is 130. The van der Waals surface area contributed by atoms with Gasteiger partial charge in [-0.25, -0.2) is 0 Å². The zero-order chi connectivity index (χ0) is 5.33. The molecule has 0 bridgehead atoms. The molecule has 1 rings (SSSR count). The molecule has 1 heterocycles. The van der Waals surface area contributed by atoms with Crippen LogP contribution in [-0.4, -0.2) is 40.3 Å². The van der Waals surface area contributed by atoms with E-state index in [-0.39, 0.29) is 26.9 Å². The maximum absolute atomic E-state index is 10.1. The van der Waals surface area contributed by atoms with Gasteiger partial charge in [-0.3, -0.25) is 0 Å². The minimum absolute atomic E-state index is 0.212. The Labute approximate surface area is 53.7 Å². The fraction of sp³-hybridized carbons (Fsp3) is 0. The molecular weight excluding hydrogens is 301 g/mol. The predicted octanol–water partition coefficient (Wildman–Crippen LogP) is -1.52. The molecule has 7 heteroatoms. The summed E-state index contributed by atoms with van der Waals surface area (Å²) in [6.45, 7) is 0. The summed E-state index contributed by atoms with van der Waals surface area (Å²) in [5.41, 5.74) is 0. The van der Waals surface area contributed by atoms with Crippen LogP contribution in [0.3, 0.4) is 0 Å². The van der Waals surface area contributed by atoms with Crippen LogP contribution in [-0.2, 0) is 13.5 Å². The molecule has 0 radical (unpaired) electrons. The number of hydrogen-bond acceptors (Lipinski definition) is 4. The van der Waals surface area contributed by atoms with Crippen molar-refractivity contribution >= 4 is 40.3 Å². The summed E-state index contributed by atoms with van der Waals surface area (Å²) < 4.78 is 28.7. The molecule has 0 spiro atoms. The van der Waals surface area contributed by atoms with Gasteiger partial charge in [-0.2, -0.15) is 0 Å². The van der Waals surface area contributed by atoms with Gasteiger partial charge in [0.1, 0.15) is 0 Å². The molecule has 1 fully saturated rings. The van der Waals surface area contributed by atoms with Crippen LogP contribution in [0.25, 0.3) is 0 Å². The third kappa shape index (κ3) is 1.80. The summed E-state index contributed by atoms with van der Waals surface area (Å²) in [7, 11) is 0. The van der Waals surface area contributed by atoms with E-state index in [1.54, 1.807) is 0 Å². The maximum atomic E-state index is 10.1. The van der Waals surface area contributed by atoms with Gasteiger partial charge in [0.05, 0.1) is 0 Å². The molecule has 0 aromatic heterocycles. The van der Waals surface area contributed by atoms with Crippen molar-refractivity contribution in [2.45, 2.75) is 0 Å². The van der Waals surface area contributed by atoms with Crippen molar-refractivity contribution in [3.05, 3.63) is 0 Å². The molecule has 0 aromatic carbocycles. The van der Waals surface area contributed by atoms with Crippen molar-refractivity contribution in [1.29, 1.82) is 0 Å². The van der Waals surface area contributed by atoms with Crippen molar-refractivity contribution in [1.82, 2.24) is 0 Å². The summed E-state index contributed by atoms with van der Waals surface area (Å²) in [5.74, 6) is 0. The van der Waals surface area contributed by atoms with Crippen LogP contribution in [0.15, 0.2) is 0 Å². The van der Waals surface area contributed by atoms with Crippen molar-refractivity contribution in [2.75, 3.05) is 0 Å². The van der Waals surface area contributed by atoms with E-state index in [9.17, 15) is 7.67 Å². The van der Waals surface area contributed by atoms with E-state index < -0.39 is 13.4 Å². The van der Waals surface area contributed by atoms with Crippen LogP contribution < -0.4 is 0 Å². The van der Waals surface area contributed by atoms with E-state index in [0.717, 1.165) is 0 Å². The van der Waals surface area contributed by atoms with Crippen LogP contribution in [0.4, 0.5) is 0 Å². The van der Waals surface area contributed by atoms with Crippen LogP contribution in [0.5, 0.6) is 0 Å². The first kappa shape index (κ1) is 6.20. The Kier molecular flexibility index (Phi) is 1.89. The fourth-order valence-electron chi connectivity index (χ4n) is 0.102. The van der Waals surface area contributed by atoms with Gasteiger partial charge in [-0.1, -0.05) is 0 Å². The summed E-state index contributed by atoms with van der Waals surface area (Å²) in [5, 5.41) is 0. The molecule has 0 aliphatic carbocycles. The molecule has 0 N–H and O–H groups in total. The van der Waals surface area contributed by atoms with Crippen LogP contribution in [0, 0.1) is 0 Å². The number of rotatable bonds is 0. The van der Waals surface area contributed by atoms with Crippen LogP contribution >= 0.6 is 0 Å². The first-order valence-corrected chi connectivity index (χ1v) is 9.70. The molecule has 1 aliphatic heterocycles. The summed E-state index contributed by atoms with van der Waals surface area (Å²) in [4.78, 5) is 0. The Hall–Kier alpha value is 1.08. The molecule has 1 saturated heterocycles. The van der Waals surface area contributed by atoms with E-state index in [1.807, 2.05) is 0 Å². The van der Waals surface area contributed by atoms with Crippen LogP contribution in [0.1, 0.15) is 0 Å². The van der Waals surface area contributed by atoms with Gasteiger partial charge in [0.15, 0.2) is 0 Å². The molecule has 0 unspecified atom stereocenters. The van der Waals surface area contributed by atoms with Crippen molar-refractivity contribution in [2.24, 2.45) is 0 Å². The Morgan fingerprint density at radius 1 is 1.14 bits per heavy atom. The van der Waals surface area contributed by atoms with Crippen molar-refractivity contribution in [3.63, 3.8) is 0 Å². The molecule has 0 atom stereocenters. The van der Waals surface area contributed by atoms with Gasteiger partial charge in [0, 0.05) is 0 Å². The summed E-state index contributed by atoms with van der Waals surface area (Å²) >= 11 is -4.56. The molecule has 42 valence electrons.